The number of aryl methyl sites for hydroxylation is 3. The molecule has 2 rings (SSSR count). The van der Waals surface area contributed by atoms with Crippen LogP contribution < -0.4 is 0 Å². The van der Waals surface area contributed by atoms with Crippen LogP contribution in [0.25, 0.3) is 0 Å². The Bertz CT molecular complexity index is 449. The first-order chi connectivity index (χ1) is 7.13. The molecule has 0 aliphatic rings. The lowest BCUT2D eigenvalue weighted by Gasteiger charge is -2.05. The number of hydrogen-bond acceptors (Lipinski definition) is 1. The van der Waals surface area contributed by atoms with Crippen molar-refractivity contribution in [3.63, 3.8) is 0 Å². The molecule has 2 nitrogen and oxygen atoms in total. The monoisotopic (exact) mass is 200 g/mol. The summed E-state index contributed by atoms with van der Waals surface area (Å²) in [6.45, 7) is 7.13. The topological polar surface area (TPSA) is 17.8 Å². The highest BCUT2D eigenvalue weighted by atomic mass is 15.3. The maximum Gasteiger partial charge on any atom is 0.0659 e. The number of benzene rings is 1. The SMILES string of the molecule is Cc1cc(C)cc(Cn2ccc(C)n2)c1. The van der Waals surface area contributed by atoms with Gasteiger partial charge in [-0.25, -0.2) is 0 Å². The molecule has 0 bridgehead atoms. The molecule has 78 valence electrons. The maximum absolute atomic E-state index is 4.38. The third-order valence-electron chi connectivity index (χ3n) is 2.40. The Labute approximate surface area is 90.6 Å². The van der Waals surface area contributed by atoms with Crippen molar-refractivity contribution in [2.24, 2.45) is 0 Å². The summed E-state index contributed by atoms with van der Waals surface area (Å²) in [4.78, 5) is 0. The first kappa shape index (κ1) is 9.97. The fraction of sp³-hybridized carbons (Fsp3) is 0.308. The van der Waals surface area contributed by atoms with Gasteiger partial charge in [0.15, 0.2) is 0 Å². The standard InChI is InChI=1S/C13H16N2/c1-10-6-11(2)8-13(7-10)9-15-5-4-12(3)14-15/h4-8H,9H2,1-3H3. The number of nitrogens with zero attached hydrogens (tertiary/aromatic N) is 2. The molecule has 0 aliphatic heterocycles. The van der Waals surface area contributed by atoms with E-state index in [1.54, 1.807) is 0 Å². The summed E-state index contributed by atoms with van der Waals surface area (Å²) in [5, 5.41) is 4.38. The van der Waals surface area contributed by atoms with Gasteiger partial charge in [-0.05, 0) is 32.4 Å². The van der Waals surface area contributed by atoms with E-state index in [-0.39, 0.29) is 0 Å². The van der Waals surface area contributed by atoms with Crippen LogP contribution in [0, 0.1) is 20.8 Å². The van der Waals surface area contributed by atoms with E-state index in [0.29, 0.717) is 0 Å². The smallest absolute Gasteiger partial charge is 0.0659 e. The van der Waals surface area contributed by atoms with Gasteiger partial charge >= 0.3 is 0 Å². The van der Waals surface area contributed by atoms with Crippen molar-refractivity contribution in [3.8, 4) is 0 Å². The van der Waals surface area contributed by atoms with Crippen LogP contribution in [0.15, 0.2) is 30.5 Å². The molecular weight excluding hydrogens is 184 g/mol. The van der Waals surface area contributed by atoms with Gasteiger partial charge in [-0.3, -0.25) is 4.68 Å². The largest absolute Gasteiger partial charge is 0.268 e. The molecule has 0 saturated carbocycles. The highest BCUT2D eigenvalue weighted by Gasteiger charge is 1.98. The minimum atomic E-state index is 0.857. The van der Waals surface area contributed by atoms with Gasteiger partial charge in [0.2, 0.25) is 0 Å². The van der Waals surface area contributed by atoms with Crippen molar-refractivity contribution in [3.05, 3.63) is 52.8 Å². The Kier molecular flexibility index (Phi) is 2.58. The molecule has 0 radical (unpaired) electrons. The Hall–Kier alpha value is -1.57. The van der Waals surface area contributed by atoms with Gasteiger partial charge in [0.25, 0.3) is 0 Å². The van der Waals surface area contributed by atoms with Crippen molar-refractivity contribution in [2.45, 2.75) is 27.3 Å². The lowest BCUT2D eigenvalue weighted by Crippen LogP contribution is -2.01. The van der Waals surface area contributed by atoms with E-state index >= 15 is 0 Å². The summed E-state index contributed by atoms with van der Waals surface area (Å²) in [6, 6.07) is 8.65. The molecule has 0 N–H and O–H groups in total. The second-order valence-corrected chi connectivity index (χ2v) is 4.15. The molecule has 1 aromatic heterocycles. The Balaban J connectivity index is 2.24. The average molecular weight is 200 g/mol. The second kappa shape index (κ2) is 3.89. The van der Waals surface area contributed by atoms with Gasteiger partial charge in [-0.1, -0.05) is 29.3 Å². The molecular formula is C13H16N2. The maximum atomic E-state index is 4.38. The number of rotatable bonds is 2. The Morgan fingerprint density at radius 1 is 1.07 bits per heavy atom. The van der Waals surface area contributed by atoms with Crippen LogP contribution in [0.4, 0.5) is 0 Å². The zero-order valence-corrected chi connectivity index (χ0v) is 9.49. The summed E-state index contributed by atoms with van der Waals surface area (Å²) in [6.07, 6.45) is 2.02. The lowest BCUT2D eigenvalue weighted by atomic mass is 10.1. The predicted molar refractivity (Wildman–Crippen MR) is 62.0 cm³/mol. The zero-order valence-electron chi connectivity index (χ0n) is 9.49. The summed E-state index contributed by atoms with van der Waals surface area (Å²) in [5.41, 5.74) is 5.01. The van der Waals surface area contributed by atoms with Crippen molar-refractivity contribution in [2.75, 3.05) is 0 Å². The van der Waals surface area contributed by atoms with E-state index in [0.717, 1.165) is 12.2 Å². The van der Waals surface area contributed by atoms with Crippen molar-refractivity contribution < 1.29 is 0 Å². The van der Waals surface area contributed by atoms with Crippen molar-refractivity contribution in [1.82, 2.24) is 9.78 Å². The van der Waals surface area contributed by atoms with Gasteiger partial charge in [-0.2, -0.15) is 5.10 Å². The zero-order chi connectivity index (χ0) is 10.8. The first-order valence-electron chi connectivity index (χ1n) is 5.21. The summed E-state index contributed by atoms with van der Waals surface area (Å²) < 4.78 is 1.98. The quantitative estimate of drug-likeness (QED) is 0.729. The Morgan fingerprint density at radius 2 is 1.73 bits per heavy atom. The summed E-state index contributed by atoms with van der Waals surface area (Å²) in [7, 11) is 0. The molecule has 1 aromatic carbocycles. The Morgan fingerprint density at radius 3 is 2.27 bits per heavy atom. The fourth-order valence-electron chi connectivity index (χ4n) is 1.90. The predicted octanol–water partition coefficient (Wildman–Crippen LogP) is 2.86. The van der Waals surface area contributed by atoms with E-state index in [1.807, 2.05) is 23.9 Å². The van der Waals surface area contributed by atoms with E-state index < -0.39 is 0 Å². The normalized spacial score (nSPS) is 10.6. The molecule has 2 aromatic rings. The minimum absolute atomic E-state index is 0.857. The lowest BCUT2D eigenvalue weighted by molar-refractivity contribution is 0.679. The van der Waals surface area contributed by atoms with Gasteiger partial charge in [0, 0.05) is 6.20 Å². The van der Waals surface area contributed by atoms with Gasteiger partial charge < -0.3 is 0 Å². The molecule has 0 amide bonds. The fourth-order valence-corrected chi connectivity index (χ4v) is 1.90. The molecule has 0 atom stereocenters. The highest BCUT2D eigenvalue weighted by Crippen LogP contribution is 2.10. The highest BCUT2D eigenvalue weighted by molar-refractivity contribution is 5.28. The van der Waals surface area contributed by atoms with Crippen LogP contribution in [-0.4, -0.2) is 9.78 Å². The van der Waals surface area contributed by atoms with Gasteiger partial charge in [0.1, 0.15) is 0 Å². The molecule has 0 fully saturated rings. The average Bonchev–Trinajstić information content (AvgIpc) is 2.49. The van der Waals surface area contributed by atoms with Crippen molar-refractivity contribution >= 4 is 0 Å². The molecule has 0 unspecified atom stereocenters. The van der Waals surface area contributed by atoms with E-state index in [2.05, 4.69) is 37.1 Å². The van der Waals surface area contributed by atoms with E-state index in [4.69, 9.17) is 0 Å². The summed E-state index contributed by atoms with van der Waals surface area (Å²) in [5.74, 6) is 0. The number of hydrogen-bond donors (Lipinski definition) is 0. The molecule has 2 heteroatoms. The van der Waals surface area contributed by atoms with Gasteiger partial charge in [0.05, 0.1) is 12.2 Å². The molecule has 0 spiro atoms. The second-order valence-electron chi connectivity index (χ2n) is 4.15. The van der Waals surface area contributed by atoms with Crippen LogP contribution in [-0.2, 0) is 6.54 Å². The van der Waals surface area contributed by atoms with Crippen LogP contribution in [0.1, 0.15) is 22.4 Å². The van der Waals surface area contributed by atoms with Gasteiger partial charge in [-0.15, -0.1) is 0 Å². The first-order valence-corrected chi connectivity index (χ1v) is 5.21. The summed E-state index contributed by atoms with van der Waals surface area (Å²) >= 11 is 0. The van der Waals surface area contributed by atoms with Crippen LogP contribution in [0.5, 0.6) is 0 Å². The third-order valence-corrected chi connectivity index (χ3v) is 2.40. The number of aromatic nitrogens is 2. The molecule has 1 heterocycles. The van der Waals surface area contributed by atoms with E-state index in [9.17, 15) is 0 Å². The van der Waals surface area contributed by atoms with Crippen LogP contribution in [0.2, 0.25) is 0 Å². The third kappa shape index (κ3) is 2.46. The van der Waals surface area contributed by atoms with Crippen molar-refractivity contribution in [1.29, 1.82) is 0 Å². The minimum Gasteiger partial charge on any atom is -0.268 e. The molecule has 15 heavy (non-hydrogen) atoms. The van der Waals surface area contributed by atoms with Crippen LogP contribution in [0.3, 0.4) is 0 Å². The molecule has 0 aliphatic carbocycles. The van der Waals surface area contributed by atoms with E-state index in [1.165, 1.54) is 16.7 Å². The van der Waals surface area contributed by atoms with Crippen LogP contribution >= 0.6 is 0 Å². The molecule has 0 saturated heterocycles.